The first-order valence-corrected chi connectivity index (χ1v) is 6.18. The first-order chi connectivity index (χ1) is 8.13. The molecular formula is C14H20O3. The standard InChI is InChI=1S/C14H20O3/c1-4-7-10-8-9-13(17-14(15)16)12(6-3)11(10)5-2/h8-9H,4-7H2,1-3H3,(H,15,16). The number of benzene rings is 1. The van der Waals surface area contributed by atoms with Crippen molar-refractivity contribution < 1.29 is 14.6 Å². The molecule has 1 aromatic rings. The van der Waals surface area contributed by atoms with Gasteiger partial charge in [0.15, 0.2) is 0 Å². The zero-order chi connectivity index (χ0) is 12.8. The summed E-state index contributed by atoms with van der Waals surface area (Å²) in [6.07, 6.45) is 2.59. The highest BCUT2D eigenvalue weighted by atomic mass is 16.7. The molecule has 0 aromatic heterocycles. The second-order valence-corrected chi connectivity index (χ2v) is 4.01. The number of carbonyl (C=O) groups is 1. The van der Waals surface area contributed by atoms with Crippen LogP contribution in [0.15, 0.2) is 12.1 Å². The zero-order valence-corrected chi connectivity index (χ0v) is 10.7. The van der Waals surface area contributed by atoms with Crippen LogP contribution in [0.1, 0.15) is 43.9 Å². The molecule has 0 aliphatic rings. The second-order valence-electron chi connectivity index (χ2n) is 4.01. The molecule has 0 atom stereocenters. The molecule has 1 N–H and O–H groups in total. The van der Waals surface area contributed by atoms with Gasteiger partial charge in [0.25, 0.3) is 0 Å². The van der Waals surface area contributed by atoms with Gasteiger partial charge in [-0.05, 0) is 42.0 Å². The van der Waals surface area contributed by atoms with Crippen LogP contribution in [0.5, 0.6) is 5.75 Å². The molecule has 0 spiro atoms. The van der Waals surface area contributed by atoms with Gasteiger partial charge in [0, 0.05) is 0 Å². The highest BCUT2D eigenvalue weighted by molar-refractivity contribution is 5.63. The van der Waals surface area contributed by atoms with Gasteiger partial charge in [-0.3, -0.25) is 0 Å². The minimum absolute atomic E-state index is 0.483. The monoisotopic (exact) mass is 236 g/mol. The Hall–Kier alpha value is -1.51. The molecule has 0 unspecified atom stereocenters. The van der Waals surface area contributed by atoms with Crippen molar-refractivity contribution in [1.82, 2.24) is 0 Å². The molecule has 94 valence electrons. The van der Waals surface area contributed by atoms with E-state index in [-0.39, 0.29) is 0 Å². The van der Waals surface area contributed by atoms with Crippen LogP contribution in [-0.4, -0.2) is 11.3 Å². The van der Waals surface area contributed by atoms with Crippen molar-refractivity contribution in [2.75, 3.05) is 0 Å². The molecule has 0 amide bonds. The van der Waals surface area contributed by atoms with Gasteiger partial charge in [0.2, 0.25) is 0 Å². The number of aryl methyl sites for hydroxylation is 1. The third-order valence-electron chi connectivity index (χ3n) is 2.91. The molecule has 3 heteroatoms. The number of carboxylic acid groups (broad SMARTS) is 1. The zero-order valence-electron chi connectivity index (χ0n) is 10.7. The van der Waals surface area contributed by atoms with Gasteiger partial charge < -0.3 is 9.84 Å². The maximum atomic E-state index is 10.6. The average molecular weight is 236 g/mol. The summed E-state index contributed by atoms with van der Waals surface area (Å²) in [7, 11) is 0. The Morgan fingerprint density at radius 1 is 1.18 bits per heavy atom. The van der Waals surface area contributed by atoms with Crippen molar-refractivity contribution in [3.8, 4) is 5.75 Å². The first-order valence-electron chi connectivity index (χ1n) is 6.18. The van der Waals surface area contributed by atoms with E-state index in [9.17, 15) is 4.79 Å². The highest BCUT2D eigenvalue weighted by Gasteiger charge is 2.13. The fourth-order valence-electron chi connectivity index (χ4n) is 2.24. The normalized spacial score (nSPS) is 10.3. The maximum Gasteiger partial charge on any atom is 0.511 e. The second kappa shape index (κ2) is 6.28. The Morgan fingerprint density at radius 3 is 2.29 bits per heavy atom. The lowest BCUT2D eigenvalue weighted by molar-refractivity contribution is 0.144. The molecule has 1 aromatic carbocycles. The molecule has 0 radical (unpaired) electrons. The van der Waals surface area contributed by atoms with Crippen LogP contribution in [0.4, 0.5) is 4.79 Å². The molecule has 1 rings (SSSR count). The topological polar surface area (TPSA) is 46.5 Å². The van der Waals surface area contributed by atoms with Crippen molar-refractivity contribution in [3.05, 3.63) is 28.8 Å². The Balaban J connectivity index is 3.21. The van der Waals surface area contributed by atoms with Crippen molar-refractivity contribution in [2.24, 2.45) is 0 Å². The molecule has 17 heavy (non-hydrogen) atoms. The van der Waals surface area contributed by atoms with Gasteiger partial charge in [0.05, 0.1) is 0 Å². The molecule has 0 fully saturated rings. The fourth-order valence-corrected chi connectivity index (χ4v) is 2.24. The van der Waals surface area contributed by atoms with E-state index in [4.69, 9.17) is 9.84 Å². The lowest BCUT2D eigenvalue weighted by atomic mass is 9.94. The number of hydrogen-bond acceptors (Lipinski definition) is 2. The molecular weight excluding hydrogens is 216 g/mol. The van der Waals surface area contributed by atoms with E-state index in [1.807, 2.05) is 13.0 Å². The number of ether oxygens (including phenoxy) is 1. The SMILES string of the molecule is CCCc1ccc(OC(=O)O)c(CC)c1CC. The van der Waals surface area contributed by atoms with E-state index < -0.39 is 6.16 Å². The van der Waals surface area contributed by atoms with Gasteiger partial charge >= 0.3 is 6.16 Å². The van der Waals surface area contributed by atoms with Crippen LogP contribution >= 0.6 is 0 Å². The minimum Gasteiger partial charge on any atom is -0.449 e. The minimum atomic E-state index is -1.25. The Labute approximate surface area is 102 Å². The summed E-state index contributed by atoms with van der Waals surface area (Å²) in [5, 5.41) is 8.70. The molecule has 3 nitrogen and oxygen atoms in total. The van der Waals surface area contributed by atoms with Crippen LogP contribution in [-0.2, 0) is 19.3 Å². The van der Waals surface area contributed by atoms with Gasteiger partial charge in [-0.15, -0.1) is 0 Å². The van der Waals surface area contributed by atoms with E-state index >= 15 is 0 Å². The van der Waals surface area contributed by atoms with Crippen molar-refractivity contribution in [1.29, 1.82) is 0 Å². The lowest BCUT2D eigenvalue weighted by Gasteiger charge is -2.15. The summed E-state index contributed by atoms with van der Waals surface area (Å²) < 4.78 is 4.83. The van der Waals surface area contributed by atoms with Crippen LogP contribution in [0, 0.1) is 0 Å². The number of hydrogen-bond donors (Lipinski definition) is 1. The maximum absolute atomic E-state index is 10.6. The highest BCUT2D eigenvalue weighted by Crippen LogP contribution is 2.28. The van der Waals surface area contributed by atoms with E-state index in [1.54, 1.807) is 6.07 Å². The summed E-state index contributed by atoms with van der Waals surface area (Å²) in [4.78, 5) is 10.6. The third kappa shape index (κ3) is 3.22. The van der Waals surface area contributed by atoms with Gasteiger partial charge in [-0.2, -0.15) is 0 Å². The summed E-state index contributed by atoms with van der Waals surface area (Å²) in [6, 6.07) is 3.76. The van der Waals surface area contributed by atoms with Crippen LogP contribution in [0.25, 0.3) is 0 Å². The Bertz CT molecular complexity index is 397. The molecule has 0 heterocycles. The van der Waals surface area contributed by atoms with Crippen molar-refractivity contribution >= 4 is 6.16 Å². The smallest absolute Gasteiger partial charge is 0.449 e. The number of rotatable bonds is 5. The Kier molecular flexibility index (Phi) is 5.01. The Morgan fingerprint density at radius 2 is 1.82 bits per heavy atom. The molecule has 0 saturated carbocycles. The average Bonchev–Trinajstić information content (AvgIpc) is 2.30. The summed E-state index contributed by atoms with van der Waals surface area (Å²) >= 11 is 0. The molecule has 0 aliphatic heterocycles. The lowest BCUT2D eigenvalue weighted by Crippen LogP contribution is -2.08. The van der Waals surface area contributed by atoms with Gasteiger partial charge in [0.1, 0.15) is 5.75 Å². The van der Waals surface area contributed by atoms with Crippen LogP contribution in [0.2, 0.25) is 0 Å². The molecule has 0 aliphatic carbocycles. The third-order valence-corrected chi connectivity index (χ3v) is 2.91. The summed E-state index contributed by atoms with van der Waals surface area (Å²) in [5.74, 6) is 0.483. The van der Waals surface area contributed by atoms with Gasteiger partial charge in [-0.25, -0.2) is 4.79 Å². The van der Waals surface area contributed by atoms with Crippen molar-refractivity contribution in [3.63, 3.8) is 0 Å². The van der Waals surface area contributed by atoms with E-state index in [0.29, 0.717) is 5.75 Å². The summed E-state index contributed by atoms with van der Waals surface area (Å²) in [5.41, 5.74) is 3.58. The largest absolute Gasteiger partial charge is 0.511 e. The van der Waals surface area contributed by atoms with E-state index in [0.717, 1.165) is 31.2 Å². The van der Waals surface area contributed by atoms with Crippen LogP contribution < -0.4 is 4.74 Å². The molecule has 0 bridgehead atoms. The van der Waals surface area contributed by atoms with Gasteiger partial charge in [-0.1, -0.05) is 33.3 Å². The van der Waals surface area contributed by atoms with Crippen LogP contribution in [0.3, 0.4) is 0 Å². The molecule has 0 saturated heterocycles. The predicted molar refractivity (Wildman–Crippen MR) is 67.8 cm³/mol. The quantitative estimate of drug-likeness (QED) is 0.624. The van der Waals surface area contributed by atoms with E-state index in [1.165, 1.54) is 11.1 Å². The van der Waals surface area contributed by atoms with E-state index in [2.05, 4.69) is 13.8 Å². The fraction of sp³-hybridized carbons (Fsp3) is 0.500. The first kappa shape index (κ1) is 13.6. The summed E-state index contributed by atoms with van der Waals surface area (Å²) in [6.45, 7) is 6.27. The predicted octanol–water partition coefficient (Wildman–Crippen LogP) is 3.82. The van der Waals surface area contributed by atoms with Crippen molar-refractivity contribution in [2.45, 2.75) is 46.5 Å².